The molecule has 30 heavy (non-hydrogen) atoms. The zero-order valence-corrected chi connectivity index (χ0v) is 17.2. The lowest BCUT2D eigenvalue weighted by Crippen LogP contribution is -2.32. The van der Waals surface area contributed by atoms with Crippen molar-refractivity contribution < 1.29 is 14.3 Å². The first-order valence-corrected chi connectivity index (χ1v) is 10.1. The number of hydrogen-bond acceptors (Lipinski definition) is 5. The Morgan fingerprint density at radius 3 is 2.73 bits per heavy atom. The molecule has 0 radical (unpaired) electrons. The standard InChI is InChI=1S/C23H25N3O4/c1-29-20-10-9-16(14-21(20)30-2)19-8-5-12-26(19)22(27)11-13-25-15-24-18-7-4-3-6-17(18)23(25)28/h3-4,6-7,9-10,14-15,19H,5,8,11-13H2,1-2H3. The molecule has 2 aromatic carbocycles. The quantitative estimate of drug-likeness (QED) is 0.628. The van der Waals surface area contributed by atoms with E-state index in [1.165, 1.54) is 10.9 Å². The van der Waals surface area contributed by atoms with Crippen molar-refractivity contribution in [1.29, 1.82) is 0 Å². The zero-order chi connectivity index (χ0) is 21.1. The fraction of sp³-hybridized carbons (Fsp3) is 0.348. The number of likely N-dealkylation sites (tertiary alicyclic amines) is 1. The number of para-hydroxylation sites is 1. The number of carbonyl (C=O) groups is 1. The van der Waals surface area contributed by atoms with Crippen molar-refractivity contribution in [3.8, 4) is 11.5 Å². The molecule has 3 aromatic rings. The molecule has 0 bridgehead atoms. The Bertz CT molecular complexity index is 1120. The molecule has 4 rings (SSSR count). The van der Waals surface area contributed by atoms with E-state index in [4.69, 9.17) is 9.47 Å². The van der Waals surface area contributed by atoms with Crippen molar-refractivity contribution in [1.82, 2.24) is 14.5 Å². The van der Waals surface area contributed by atoms with E-state index in [2.05, 4.69) is 4.98 Å². The van der Waals surface area contributed by atoms with E-state index in [0.717, 1.165) is 18.4 Å². The van der Waals surface area contributed by atoms with Crippen LogP contribution in [-0.2, 0) is 11.3 Å². The number of carbonyl (C=O) groups excluding carboxylic acids is 1. The smallest absolute Gasteiger partial charge is 0.261 e. The summed E-state index contributed by atoms with van der Waals surface area (Å²) in [5.41, 5.74) is 1.58. The second kappa shape index (κ2) is 8.57. The number of aromatic nitrogens is 2. The summed E-state index contributed by atoms with van der Waals surface area (Å²) in [7, 11) is 3.21. The van der Waals surface area contributed by atoms with Crippen LogP contribution in [0.3, 0.4) is 0 Å². The molecule has 0 N–H and O–H groups in total. The predicted molar refractivity (Wildman–Crippen MR) is 114 cm³/mol. The van der Waals surface area contributed by atoms with E-state index in [1.807, 2.05) is 41.3 Å². The Balaban J connectivity index is 1.49. The van der Waals surface area contributed by atoms with Gasteiger partial charge in [-0.15, -0.1) is 0 Å². The van der Waals surface area contributed by atoms with E-state index in [0.29, 0.717) is 35.5 Å². The molecular formula is C23H25N3O4. The van der Waals surface area contributed by atoms with Crippen LogP contribution in [0, 0.1) is 0 Å². The lowest BCUT2D eigenvalue weighted by Gasteiger charge is -2.26. The number of fused-ring (bicyclic) bond motifs is 1. The normalized spacial score (nSPS) is 16.1. The van der Waals surface area contributed by atoms with E-state index in [-0.39, 0.29) is 23.9 Å². The first kappa shape index (κ1) is 19.9. The number of aryl methyl sites for hydroxylation is 1. The number of hydrogen-bond donors (Lipinski definition) is 0. The van der Waals surface area contributed by atoms with Crippen LogP contribution in [0.25, 0.3) is 10.9 Å². The summed E-state index contributed by atoms with van der Waals surface area (Å²) in [6, 6.07) is 13.0. The molecule has 0 aliphatic carbocycles. The average Bonchev–Trinajstić information content (AvgIpc) is 3.28. The van der Waals surface area contributed by atoms with Crippen molar-refractivity contribution in [3.63, 3.8) is 0 Å². The monoisotopic (exact) mass is 407 g/mol. The number of ether oxygens (including phenoxy) is 2. The summed E-state index contributed by atoms with van der Waals surface area (Å²) in [6.45, 7) is 1.02. The average molecular weight is 407 g/mol. The van der Waals surface area contributed by atoms with Crippen LogP contribution in [0.15, 0.2) is 53.6 Å². The molecule has 1 aliphatic rings. The van der Waals surface area contributed by atoms with Crippen LogP contribution in [-0.4, -0.2) is 41.1 Å². The number of methoxy groups -OCH3 is 2. The van der Waals surface area contributed by atoms with Gasteiger partial charge in [0.25, 0.3) is 5.56 Å². The number of nitrogens with zero attached hydrogens (tertiary/aromatic N) is 3. The molecule has 7 nitrogen and oxygen atoms in total. The van der Waals surface area contributed by atoms with Gasteiger partial charge in [0.15, 0.2) is 11.5 Å². The minimum Gasteiger partial charge on any atom is -0.493 e. The van der Waals surface area contributed by atoms with Gasteiger partial charge < -0.3 is 14.4 Å². The van der Waals surface area contributed by atoms with Crippen LogP contribution in [0.1, 0.15) is 30.9 Å². The zero-order valence-electron chi connectivity index (χ0n) is 17.2. The fourth-order valence-corrected chi connectivity index (χ4v) is 4.10. The minimum absolute atomic E-state index is 0.00348. The minimum atomic E-state index is -0.119. The summed E-state index contributed by atoms with van der Waals surface area (Å²) in [4.78, 5) is 31.9. The lowest BCUT2D eigenvalue weighted by atomic mass is 10.0. The molecule has 0 saturated carbocycles. The molecule has 1 saturated heterocycles. The Morgan fingerprint density at radius 1 is 1.13 bits per heavy atom. The molecule has 156 valence electrons. The Labute approximate surface area is 174 Å². The van der Waals surface area contributed by atoms with Gasteiger partial charge in [0.1, 0.15) is 0 Å². The van der Waals surface area contributed by atoms with Crippen molar-refractivity contribution in [2.75, 3.05) is 20.8 Å². The number of amides is 1. The maximum atomic E-state index is 13.0. The molecule has 0 spiro atoms. The highest BCUT2D eigenvalue weighted by Gasteiger charge is 2.30. The molecule has 7 heteroatoms. The van der Waals surface area contributed by atoms with Crippen LogP contribution in [0.2, 0.25) is 0 Å². The third kappa shape index (κ3) is 3.75. The first-order chi connectivity index (χ1) is 14.6. The molecule has 1 amide bonds. The van der Waals surface area contributed by atoms with Crippen LogP contribution in [0.4, 0.5) is 0 Å². The summed E-state index contributed by atoms with van der Waals surface area (Å²) in [5.74, 6) is 1.36. The van der Waals surface area contributed by atoms with Crippen LogP contribution >= 0.6 is 0 Å². The van der Waals surface area contributed by atoms with E-state index in [9.17, 15) is 9.59 Å². The maximum Gasteiger partial charge on any atom is 0.261 e. The van der Waals surface area contributed by atoms with Gasteiger partial charge >= 0.3 is 0 Å². The molecule has 1 aromatic heterocycles. The Morgan fingerprint density at radius 2 is 1.93 bits per heavy atom. The highest BCUT2D eigenvalue weighted by Crippen LogP contribution is 2.37. The van der Waals surface area contributed by atoms with Gasteiger partial charge in [0, 0.05) is 19.5 Å². The maximum absolute atomic E-state index is 13.0. The van der Waals surface area contributed by atoms with E-state index < -0.39 is 0 Å². The van der Waals surface area contributed by atoms with Gasteiger partial charge in [-0.05, 0) is 42.7 Å². The van der Waals surface area contributed by atoms with Crippen LogP contribution < -0.4 is 15.0 Å². The fourth-order valence-electron chi connectivity index (χ4n) is 4.10. The number of benzene rings is 2. The third-order valence-electron chi connectivity index (χ3n) is 5.66. The topological polar surface area (TPSA) is 73.7 Å². The van der Waals surface area contributed by atoms with Crippen molar-refractivity contribution >= 4 is 16.8 Å². The number of rotatable bonds is 6. The SMILES string of the molecule is COc1ccc(C2CCCN2C(=O)CCn2cnc3ccccc3c2=O)cc1OC. The Kier molecular flexibility index (Phi) is 5.70. The van der Waals surface area contributed by atoms with Crippen LogP contribution in [0.5, 0.6) is 11.5 Å². The van der Waals surface area contributed by atoms with E-state index in [1.54, 1.807) is 20.3 Å². The third-order valence-corrected chi connectivity index (χ3v) is 5.66. The van der Waals surface area contributed by atoms with Gasteiger partial charge in [-0.25, -0.2) is 4.98 Å². The molecule has 1 atom stereocenters. The lowest BCUT2D eigenvalue weighted by molar-refractivity contribution is -0.132. The molecule has 1 unspecified atom stereocenters. The highest BCUT2D eigenvalue weighted by atomic mass is 16.5. The molecular weight excluding hydrogens is 382 g/mol. The molecule has 2 heterocycles. The van der Waals surface area contributed by atoms with Crippen molar-refractivity contribution in [2.45, 2.75) is 31.8 Å². The second-order valence-electron chi connectivity index (χ2n) is 7.37. The first-order valence-electron chi connectivity index (χ1n) is 10.1. The van der Waals surface area contributed by atoms with E-state index >= 15 is 0 Å². The predicted octanol–water partition coefficient (Wildman–Crippen LogP) is 3.17. The molecule has 1 aliphatic heterocycles. The summed E-state index contributed by atoms with van der Waals surface area (Å²) in [5, 5.41) is 0.567. The van der Waals surface area contributed by atoms with Gasteiger partial charge in [-0.3, -0.25) is 14.2 Å². The second-order valence-corrected chi connectivity index (χ2v) is 7.37. The van der Waals surface area contributed by atoms with Gasteiger partial charge in [-0.1, -0.05) is 18.2 Å². The van der Waals surface area contributed by atoms with Gasteiger partial charge in [-0.2, -0.15) is 0 Å². The summed E-state index contributed by atoms with van der Waals surface area (Å²) < 4.78 is 12.2. The van der Waals surface area contributed by atoms with Crippen molar-refractivity contribution in [2.24, 2.45) is 0 Å². The highest BCUT2D eigenvalue weighted by molar-refractivity contribution is 5.78. The van der Waals surface area contributed by atoms with Crippen molar-refractivity contribution in [3.05, 3.63) is 64.7 Å². The molecule has 1 fully saturated rings. The van der Waals surface area contributed by atoms with Gasteiger partial charge in [0.05, 0.1) is 37.5 Å². The van der Waals surface area contributed by atoms with Gasteiger partial charge in [0.2, 0.25) is 5.91 Å². The summed E-state index contributed by atoms with van der Waals surface area (Å²) in [6.07, 6.45) is 3.62. The summed E-state index contributed by atoms with van der Waals surface area (Å²) >= 11 is 0. The Hall–Kier alpha value is -3.35. The largest absolute Gasteiger partial charge is 0.493 e.